The largest absolute Gasteiger partial charge is 0.350 e. The van der Waals surface area contributed by atoms with E-state index in [-0.39, 0.29) is 5.91 Å². The van der Waals surface area contributed by atoms with Gasteiger partial charge in [0.25, 0.3) is 0 Å². The van der Waals surface area contributed by atoms with E-state index in [1.807, 2.05) is 25.1 Å². The molecule has 3 nitrogen and oxygen atoms in total. The van der Waals surface area contributed by atoms with Gasteiger partial charge in [0.15, 0.2) is 0 Å². The summed E-state index contributed by atoms with van der Waals surface area (Å²) in [6.07, 6.45) is 1.72. The third-order valence-corrected chi connectivity index (χ3v) is 2.50. The first kappa shape index (κ1) is 11.0. The van der Waals surface area contributed by atoms with Crippen molar-refractivity contribution in [1.82, 2.24) is 10.3 Å². The van der Waals surface area contributed by atoms with Crippen molar-refractivity contribution < 1.29 is 4.79 Å². The van der Waals surface area contributed by atoms with Gasteiger partial charge in [-0.05, 0) is 17.9 Å². The third kappa shape index (κ3) is 4.28. The maximum atomic E-state index is 11.2. The average molecular weight is 210 g/mol. The summed E-state index contributed by atoms with van der Waals surface area (Å²) in [5.41, 5.74) is 0.891. The Bertz CT molecular complexity index is 277. The van der Waals surface area contributed by atoms with E-state index >= 15 is 0 Å². The highest BCUT2D eigenvalue weighted by atomic mass is 32.2. The van der Waals surface area contributed by atoms with E-state index in [0.29, 0.717) is 12.3 Å². The molecule has 14 heavy (non-hydrogen) atoms. The molecule has 0 spiro atoms. The van der Waals surface area contributed by atoms with Gasteiger partial charge in [-0.3, -0.25) is 9.78 Å². The lowest BCUT2D eigenvalue weighted by Crippen LogP contribution is -2.25. The molecule has 1 aromatic rings. The van der Waals surface area contributed by atoms with Crippen LogP contribution in [0, 0.1) is 0 Å². The predicted molar refractivity (Wildman–Crippen MR) is 59.1 cm³/mol. The molecular weight excluding hydrogens is 196 g/mol. The van der Waals surface area contributed by atoms with Crippen LogP contribution >= 0.6 is 11.8 Å². The quantitative estimate of drug-likeness (QED) is 0.800. The fraction of sp³-hybridized carbons (Fsp3) is 0.400. The van der Waals surface area contributed by atoms with E-state index in [0.717, 1.165) is 11.4 Å². The number of carbonyl (C=O) groups excluding carboxylic acids is 1. The maximum Gasteiger partial charge on any atom is 0.230 e. The summed E-state index contributed by atoms with van der Waals surface area (Å²) in [6.45, 7) is 2.56. The van der Waals surface area contributed by atoms with Crippen LogP contribution in [-0.2, 0) is 11.3 Å². The summed E-state index contributed by atoms with van der Waals surface area (Å²) < 4.78 is 0. The van der Waals surface area contributed by atoms with Crippen molar-refractivity contribution in [2.24, 2.45) is 0 Å². The van der Waals surface area contributed by atoms with Crippen molar-refractivity contribution in [3.8, 4) is 0 Å². The molecule has 0 aliphatic heterocycles. The van der Waals surface area contributed by atoms with Crippen LogP contribution in [0.4, 0.5) is 0 Å². The fourth-order valence-corrected chi connectivity index (χ4v) is 1.43. The zero-order valence-electron chi connectivity index (χ0n) is 8.19. The third-order valence-electron chi connectivity index (χ3n) is 1.63. The normalized spacial score (nSPS) is 9.79. The molecule has 0 unspecified atom stereocenters. The number of hydrogen-bond acceptors (Lipinski definition) is 3. The lowest BCUT2D eigenvalue weighted by Gasteiger charge is -2.03. The second-order valence-electron chi connectivity index (χ2n) is 2.73. The van der Waals surface area contributed by atoms with Crippen molar-refractivity contribution in [1.29, 1.82) is 0 Å². The van der Waals surface area contributed by atoms with Gasteiger partial charge in [-0.1, -0.05) is 13.0 Å². The van der Waals surface area contributed by atoms with Gasteiger partial charge in [-0.25, -0.2) is 0 Å². The van der Waals surface area contributed by atoms with Crippen LogP contribution in [0.1, 0.15) is 12.6 Å². The molecule has 0 aliphatic carbocycles. The highest BCUT2D eigenvalue weighted by Gasteiger charge is 2.00. The molecule has 0 bridgehead atoms. The smallest absolute Gasteiger partial charge is 0.230 e. The topological polar surface area (TPSA) is 42.0 Å². The molecule has 0 aliphatic rings. The lowest BCUT2D eigenvalue weighted by molar-refractivity contribution is -0.118. The molecule has 1 rings (SSSR count). The monoisotopic (exact) mass is 210 g/mol. The molecule has 0 saturated heterocycles. The number of rotatable bonds is 5. The van der Waals surface area contributed by atoms with E-state index in [1.165, 1.54) is 0 Å². The van der Waals surface area contributed by atoms with E-state index in [2.05, 4.69) is 10.3 Å². The summed E-state index contributed by atoms with van der Waals surface area (Å²) in [5, 5.41) is 2.81. The second-order valence-corrected chi connectivity index (χ2v) is 4.01. The number of carbonyl (C=O) groups is 1. The van der Waals surface area contributed by atoms with Crippen LogP contribution in [0.25, 0.3) is 0 Å². The summed E-state index contributed by atoms with van der Waals surface area (Å²) in [5.74, 6) is 1.57. The lowest BCUT2D eigenvalue weighted by atomic mass is 10.3. The number of nitrogens with one attached hydrogen (secondary N) is 1. The summed E-state index contributed by atoms with van der Waals surface area (Å²) in [7, 11) is 0. The van der Waals surface area contributed by atoms with Gasteiger partial charge in [-0.15, -0.1) is 0 Å². The van der Waals surface area contributed by atoms with Crippen LogP contribution in [0.15, 0.2) is 24.4 Å². The predicted octanol–water partition coefficient (Wildman–Crippen LogP) is 1.45. The van der Waals surface area contributed by atoms with Crippen molar-refractivity contribution in [2.75, 3.05) is 11.5 Å². The van der Waals surface area contributed by atoms with Gasteiger partial charge in [0.2, 0.25) is 5.91 Å². The molecule has 0 aromatic carbocycles. The number of nitrogens with zero attached hydrogens (tertiary/aromatic N) is 1. The Labute approximate surface area is 88.3 Å². The molecule has 1 N–H and O–H groups in total. The van der Waals surface area contributed by atoms with Crippen molar-refractivity contribution in [3.63, 3.8) is 0 Å². The van der Waals surface area contributed by atoms with Crippen LogP contribution in [-0.4, -0.2) is 22.4 Å². The molecule has 1 amide bonds. The van der Waals surface area contributed by atoms with E-state index < -0.39 is 0 Å². The van der Waals surface area contributed by atoms with Gasteiger partial charge in [0.05, 0.1) is 18.0 Å². The number of thioether (sulfide) groups is 1. The van der Waals surface area contributed by atoms with E-state index in [1.54, 1.807) is 18.0 Å². The number of pyridine rings is 1. The Hall–Kier alpha value is -1.03. The zero-order chi connectivity index (χ0) is 10.2. The number of hydrogen-bond donors (Lipinski definition) is 1. The molecule has 0 fully saturated rings. The average Bonchev–Trinajstić information content (AvgIpc) is 2.25. The van der Waals surface area contributed by atoms with Crippen LogP contribution in [0.3, 0.4) is 0 Å². The van der Waals surface area contributed by atoms with Crippen LogP contribution in [0.2, 0.25) is 0 Å². The Balaban J connectivity index is 2.24. The number of amides is 1. The van der Waals surface area contributed by atoms with Gasteiger partial charge in [-0.2, -0.15) is 11.8 Å². The minimum atomic E-state index is 0.0718. The standard InChI is InChI=1S/C10H14N2OS/c1-2-14-8-10(13)12-7-9-5-3-4-6-11-9/h3-6H,2,7-8H2,1H3,(H,12,13). The summed E-state index contributed by atoms with van der Waals surface area (Å²) in [4.78, 5) is 15.3. The Morgan fingerprint density at radius 2 is 2.43 bits per heavy atom. The molecule has 0 radical (unpaired) electrons. The highest BCUT2D eigenvalue weighted by molar-refractivity contribution is 7.99. The molecule has 0 saturated carbocycles. The second kappa shape index (κ2) is 6.43. The minimum absolute atomic E-state index is 0.0718. The summed E-state index contributed by atoms with van der Waals surface area (Å²) in [6, 6.07) is 5.67. The zero-order valence-corrected chi connectivity index (χ0v) is 9.01. The maximum absolute atomic E-state index is 11.2. The molecule has 1 heterocycles. The van der Waals surface area contributed by atoms with E-state index in [9.17, 15) is 4.79 Å². The van der Waals surface area contributed by atoms with E-state index in [4.69, 9.17) is 0 Å². The van der Waals surface area contributed by atoms with Gasteiger partial charge in [0.1, 0.15) is 0 Å². The van der Waals surface area contributed by atoms with Gasteiger partial charge >= 0.3 is 0 Å². The van der Waals surface area contributed by atoms with Crippen molar-refractivity contribution in [2.45, 2.75) is 13.5 Å². The number of aromatic nitrogens is 1. The highest BCUT2D eigenvalue weighted by Crippen LogP contribution is 1.97. The molecule has 1 aromatic heterocycles. The SMILES string of the molecule is CCSCC(=O)NCc1ccccn1. The molecule has 76 valence electrons. The molecular formula is C10H14N2OS. The first-order valence-corrected chi connectivity index (χ1v) is 5.72. The Morgan fingerprint density at radius 3 is 3.07 bits per heavy atom. The van der Waals surface area contributed by atoms with Crippen LogP contribution in [0.5, 0.6) is 0 Å². The first-order chi connectivity index (χ1) is 6.83. The Kier molecular flexibility index (Phi) is 5.07. The van der Waals surface area contributed by atoms with Crippen LogP contribution < -0.4 is 5.32 Å². The van der Waals surface area contributed by atoms with Gasteiger partial charge < -0.3 is 5.32 Å². The Morgan fingerprint density at radius 1 is 1.57 bits per heavy atom. The van der Waals surface area contributed by atoms with Crippen molar-refractivity contribution >= 4 is 17.7 Å². The minimum Gasteiger partial charge on any atom is -0.350 e. The summed E-state index contributed by atoms with van der Waals surface area (Å²) >= 11 is 1.62. The first-order valence-electron chi connectivity index (χ1n) is 4.57. The van der Waals surface area contributed by atoms with Crippen molar-refractivity contribution in [3.05, 3.63) is 30.1 Å². The fourth-order valence-electron chi connectivity index (χ4n) is 0.938. The molecule has 4 heteroatoms. The van der Waals surface area contributed by atoms with Gasteiger partial charge in [0, 0.05) is 6.20 Å². The molecule has 0 atom stereocenters.